The van der Waals surface area contributed by atoms with E-state index in [0.717, 1.165) is 25.2 Å². The van der Waals surface area contributed by atoms with Gasteiger partial charge in [0.2, 0.25) is 5.91 Å². The molecule has 0 saturated heterocycles. The van der Waals surface area contributed by atoms with Gasteiger partial charge in [-0.3, -0.25) is 9.89 Å². The molecule has 1 heterocycles. The molecule has 0 unspecified atom stereocenters. The highest BCUT2D eigenvalue weighted by Crippen LogP contribution is 1.93. The number of nitrogens with one attached hydrogen (secondary N) is 2. The Balaban J connectivity index is 2.00. The van der Waals surface area contributed by atoms with E-state index in [1.807, 2.05) is 6.07 Å². The zero-order valence-corrected chi connectivity index (χ0v) is 9.29. The van der Waals surface area contributed by atoms with Crippen LogP contribution in [-0.4, -0.2) is 41.6 Å². The van der Waals surface area contributed by atoms with Crippen LogP contribution >= 0.6 is 0 Å². The molecule has 1 aromatic rings. The number of carbonyl (C=O) groups is 1. The molecule has 15 heavy (non-hydrogen) atoms. The molecule has 0 aliphatic carbocycles. The summed E-state index contributed by atoms with van der Waals surface area (Å²) in [6.07, 6.45) is 3.20. The van der Waals surface area contributed by atoms with E-state index in [1.165, 1.54) is 0 Å². The van der Waals surface area contributed by atoms with Gasteiger partial charge in [-0.1, -0.05) is 0 Å². The smallest absolute Gasteiger partial charge is 0.222 e. The van der Waals surface area contributed by atoms with Gasteiger partial charge in [-0.15, -0.1) is 0 Å². The number of aromatic nitrogens is 2. The first kappa shape index (κ1) is 11.7. The summed E-state index contributed by atoms with van der Waals surface area (Å²) in [5.41, 5.74) is 1.06. The molecule has 0 atom stereocenters. The monoisotopic (exact) mass is 210 g/mol. The van der Waals surface area contributed by atoms with E-state index < -0.39 is 0 Å². The van der Waals surface area contributed by atoms with Crippen molar-refractivity contribution in [3.8, 4) is 0 Å². The van der Waals surface area contributed by atoms with Gasteiger partial charge in [0.05, 0.1) is 0 Å². The average Bonchev–Trinajstić information content (AvgIpc) is 2.69. The Labute approximate surface area is 89.9 Å². The topological polar surface area (TPSA) is 61.0 Å². The van der Waals surface area contributed by atoms with Gasteiger partial charge in [0.25, 0.3) is 0 Å². The van der Waals surface area contributed by atoms with Crippen molar-refractivity contribution >= 4 is 5.91 Å². The molecule has 0 aromatic carbocycles. The first-order valence-electron chi connectivity index (χ1n) is 5.09. The minimum Gasteiger partial charge on any atom is -0.349 e. The maximum atomic E-state index is 11.2. The summed E-state index contributed by atoms with van der Waals surface area (Å²) in [5, 5.41) is 9.95. The van der Waals surface area contributed by atoms with Crippen LogP contribution in [0.4, 0.5) is 0 Å². The first-order chi connectivity index (χ1) is 7.20. The summed E-state index contributed by atoms with van der Waals surface area (Å²) in [7, 11) is 3.56. The fraction of sp³-hybridized carbons (Fsp3) is 0.600. The summed E-state index contributed by atoms with van der Waals surface area (Å²) in [6.45, 7) is 1.62. The van der Waals surface area contributed by atoms with Crippen LogP contribution in [0.3, 0.4) is 0 Å². The number of H-pyrrole nitrogens is 1. The first-order valence-corrected chi connectivity index (χ1v) is 5.09. The predicted octanol–water partition coefficient (Wildman–Crippen LogP) is 0.368. The van der Waals surface area contributed by atoms with E-state index in [-0.39, 0.29) is 5.91 Å². The summed E-state index contributed by atoms with van der Waals surface area (Å²) in [5.74, 6) is 0.179. The molecule has 0 saturated carbocycles. The number of hydrogen-bond acceptors (Lipinski definition) is 3. The molecule has 1 aromatic heterocycles. The third-order valence-electron chi connectivity index (χ3n) is 2.12. The number of hydrogen-bond donors (Lipinski definition) is 2. The SMILES string of the molecule is CN(C)C(=O)CCCNCc1ccn[nH]1. The second kappa shape index (κ2) is 6.19. The van der Waals surface area contributed by atoms with E-state index in [0.29, 0.717) is 6.42 Å². The van der Waals surface area contributed by atoms with E-state index in [1.54, 1.807) is 25.2 Å². The molecule has 5 heteroatoms. The molecular weight excluding hydrogens is 192 g/mol. The molecule has 84 valence electrons. The lowest BCUT2D eigenvalue weighted by atomic mass is 10.3. The molecule has 0 fully saturated rings. The van der Waals surface area contributed by atoms with Crippen molar-refractivity contribution in [3.63, 3.8) is 0 Å². The molecule has 5 nitrogen and oxygen atoms in total. The second-order valence-corrected chi connectivity index (χ2v) is 3.65. The van der Waals surface area contributed by atoms with Crippen molar-refractivity contribution in [1.82, 2.24) is 20.4 Å². The van der Waals surface area contributed by atoms with Crippen molar-refractivity contribution in [3.05, 3.63) is 18.0 Å². The van der Waals surface area contributed by atoms with Crippen molar-refractivity contribution in [2.75, 3.05) is 20.6 Å². The van der Waals surface area contributed by atoms with Gasteiger partial charge >= 0.3 is 0 Å². The minimum atomic E-state index is 0.179. The summed E-state index contributed by atoms with van der Waals surface area (Å²) < 4.78 is 0. The molecule has 0 bridgehead atoms. The fourth-order valence-electron chi connectivity index (χ4n) is 1.19. The number of nitrogens with zero attached hydrogens (tertiary/aromatic N) is 2. The minimum absolute atomic E-state index is 0.179. The summed E-state index contributed by atoms with van der Waals surface area (Å²) in [4.78, 5) is 12.8. The van der Waals surface area contributed by atoms with Crippen LogP contribution < -0.4 is 5.32 Å². The normalized spacial score (nSPS) is 10.3. The Morgan fingerprint density at radius 2 is 2.40 bits per heavy atom. The standard InChI is InChI=1S/C10H18N4O/c1-14(2)10(15)4-3-6-11-8-9-5-7-12-13-9/h5,7,11H,3-4,6,8H2,1-2H3,(H,12,13). The Morgan fingerprint density at radius 3 is 3.00 bits per heavy atom. The molecule has 0 aliphatic rings. The number of amides is 1. The number of aromatic amines is 1. The van der Waals surface area contributed by atoms with Crippen molar-refractivity contribution in [2.45, 2.75) is 19.4 Å². The molecule has 0 aliphatic heterocycles. The molecule has 0 spiro atoms. The van der Waals surface area contributed by atoms with Crippen molar-refractivity contribution in [2.24, 2.45) is 0 Å². The zero-order valence-electron chi connectivity index (χ0n) is 9.29. The molecule has 0 radical (unpaired) electrons. The zero-order chi connectivity index (χ0) is 11.1. The Kier molecular flexibility index (Phi) is 4.83. The van der Waals surface area contributed by atoms with Gasteiger partial charge in [0, 0.05) is 39.0 Å². The Bertz CT molecular complexity index is 282. The van der Waals surface area contributed by atoms with Crippen LogP contribution in [0, 0.1) is 0 Å². The van der Waals surface area contributed by atoms with Crippen molar-refractivity contribution in [1.29, 1.82) is 0 Å². The summed E-state index contributed by atoms with van der Waals surface area (Å²) in [6, 6.07) is 1.93. The lowest BCUT2D eigenvalue weighted by Crippen LogP contribution is -2.23. The molecule has 2 N–H and O–H groups in total. The Hall–Kier alpha value is -1.36. The molecule has 1 amide bonds. The Morgan fingerprint density at radius 1 is 1.60 bits per heavy atom. The molecular formula is C10H18N4O. The van der Waals surface area contributed by atoms with E-state index >= 15 is 0 Å². The van der Waals surface area contributed by atoms with Crippen LogP contribution in [0.2, 0.25) is 0 Å². The third-order valence-corrected chi connectivity index (χ3v) is 2.12. The predicted molar refractivity (Wildman–Crippen MR) is 58.2 cm³/mol. The fourth-order valence-corrected chi connectivity index (χ4v) is 1.19. The average molecular weight is 210 g/mol. The van der Waals surface area contributed by atoms with Crippen LogP contribution in [0.5, 0.6) is 0 Å². The lowest BCUT2D eigenvalue weighted by Gasteiger charge is -2.09. The maximum absolute atomic E-state index is 11.2. The van der Waals surface area contributed by atoms with Crippen molar-refractivity contribution < 1.29 is 4.79 Å². The lowest BCUT2D eigenvalue weighted by molar-refractivity contribution is -0.128. The summed E-state index contributed by atoms with van der Waals surface area (Å²) >= 11 is 0. The quantitative estimate of drug-likeness (QED) is 0.667. The van der Waals surface area contributed by atoms with Gasteiger partial charge in [-0.2, -0.15) is 5.10 Å². The van der Waals surface area contributed by atoms with E-state index in [4.69, 9.17) is 0 Å². The van der Waals surface area contributed by atoms with Gasteiger partial charge in [0.1, 0.15) is 0 Å². The maximum Gasteiger partial charge on any atom is 0.222 e. The van der Waals surface area contributed by atoms with Crippen LogP contribution in [0.1, 0.15) is 18.5 Å². The second-order valence-electron chi connectivity index (χ2n) is 3.65. The van der Waals surface area contributed by atoms with Crippen LogP contribution in [-0.2, 0) is 11.3 Å². The highest BCUT2D eigenvalue weighted by atomic mass is 16.2. The third kappa shape index (κ3) is 4.60. The van der Waals surface area contributed by atoms with Gasteiger partial charge in [-0.05, 0) is 19.0 Å². The van der Waals surface area contributed by atoms with Gasteiger partial charge < -0.3 is 10.2 Å². The van der Waals surface area contributed by atoms with E-state index in [9.17, 15) is 4.79 Å². The molecule has 1 rings (SSSR count). The highest BCUT2D eigenvalue weighted by Gasteiger charge is 2.02. The van der Waals surface area contributed by atoms with E-state index in [2.05, 4.69) is 15.5 Å². The number of carbonyl (C=O) groups excluding carboxylic acids is 1. The number of rotatable bonds is 6. The van der Waals surface area contributed by atoms with Crippen LogP contribution in [0.15, 0.2) is 12.3 Å². The van der Waals surface area contributed by atoms with Crippen LogP contribution in [0.25, 0.3) is 0 Å². The van der Waals surface area contributed by atoms with Gasteiger partial charge in [-0.25, -0.2) is 0 Å². The largest absolute Gasteiger partial charge is 0.349 e. The van der Waals surface area contributed by atoms with Gasteiger partial charge in [0.15, 0.2) is 0 Å². The highest BCUT2D eigenvalue weighted by molar-refractivity contribution is 5.75.